The maximum Gasteiger partial charge on any atom is 0.203 e. The molecule has 1 fully saturated rings. The maximum absolute atomic E-state index is 5.37. The molecule has 0 atom stereocenters. The molecule has 0 aliphatic carbocycles. The van der Waals surface area contributed by atoms with Gasteiger partial charge in [0, 0.05) is 32.0 Å². The van der Waals surface area contributed by atoms with Gasteiger partial charge in [0.05, 0.1) is 5.69 Å². The highest BCUT2D eigenvalue weighted by Crippen LogP contribution is 2.15. The molecule has 2 heterocycles. The zero-order valence-electron chi connectivity index (χ0n) is 10.9. The lowest BCUT2D eigenvalue weighted by Gasteiger charge is -2.23. The number of unbranched alkanes of at least 4 members (excludes halogenated alkanes) is 1. The van der Waals surface area contributed by atoms with Gasteiger partial charge in [-0.05, 0) is 26.2 Å². The highest BCUT2D eigenvalue weighted by Gasteiger charge is 2.15. The average molecular weight is 237 g/mol. The fourth-order valence-electron chi connectivity index (χ4n) is 2.19. The first kappa shape index (κ1) is 12.4. The molecule has 0 aromatic carbocycles. The van der Waals surface area contributed by atoms with Crippen molar-refractivity contribution in [2.24, 2.45) is 0 Å². The number of anilines is 1. The van der Waals surface area contributed by atoms with Crippen LogP contribution in [-0.2, 0) is 11.3 Å². The maximum atomic E-state index is 5.37. The predicted octanol–water partition coefficient (Wildman–Crippen LogP) is 2.58. The number of imidazole rings is 1. The van der Waals surface area contributed by atoms with Crippen molar-refractivity contribution >= 4 is 5.95 Å². The molecule has 17 heavy (non-hydrogen) atoms. The first-order chi connectivity index (χ1) is 8.29. The summed E-state index contributed by atoms with van der Waals surface area (Å²) in [5, 5.41) is 3.55. The topological polar surface area (TPSA) is 39.1 Å². The molecule has 1 aliphatic rings. The van der Waals surface area contributed by atoms with Crippen molar-refractivity contribution in [1.82, 2.24) is 9.55 Å². The quantitative estimate of drug-likeness (QED) is 0.855. The summed E-state index contributed by atoms with van der Waals surface area (Å²) in [5.41, 5.74) is 1.09. The van der Waals surface area contributed by atoms with Crippen LogP contribution in [0.25, 0.3) is 0 Å². The smallest absolute Gasteiger partial charge is 0.203 e. The van der Waals surface area contributed by atoms with Crippen LogP contribution in [0.1, 0.15) is 38.3 Å². The van der Waals surface area contributed by atoms with E-state index in [1.54, 1.807) is 0 Å². The zero-order chi connectivity index (χ0) is 12.1. The van der Waals surface area contributed by atoms with Gasteiger partial charge in [0.25, 0.3) is 0 Å². The van der Waals surface area contributed by atoms with Crippen molar-refractivity contribution in [2.45, 2.75) is 52.1 Å². The second-order valence-corrected chi connectivity index (χ2v) is 4.78. The van der Waals surface area contributed by atoms with Crippen LogP contribution in [0, 0.1) is 6.92 Å². The van der Waals surface area contributed by atoms with E-state index >= 15 is 0 Å². The predicted molar refractivity (Wildman–Crippen MR) is 69.3 cm³/mol. The second kappa shape index (κ2) is 6.05. The standard InChI is InChI=1S/C13H23N3O/c1-3-4-7-16-10-11(2)14-13(16)15-12-5-8-17-9-6-12/h10,12H,3-9H2,1-2H3,(H,14,15). The van der Waals surface area contributed by atoms with Crippen LogP contribution in [0.2, 0.25) is 0 Å². The highest BCUT2D eigenvalue weighted by molar-refractivity contribution is 5.30. The number of ether oxygens (including phenoxy) is 1. The SMILES string of the molecule is CCCCn1cc(C)nc1NC1CCOCC1. The largest absolute Gasteiger partial charge is 0.381 e. The molecule has 0 bridgehead atoms. The van der Waals surface area contributed by atoms with Gasteiger partial charge in [-0.25, -0.2) is 4.98 Å². The number of hydrogen-bond acceptors (Lipinski definition) is 3. The van der Waals surface area contributed by atoms with Gasteiger partial charge in [0.2, 0.25) is 5.95 Å². The van der Waals surface area contributed by atoms with Gasteiger partial charge in [-0.1, -0.05) is 13.3 Å². The molecule has 4 nitrogen and oxygen atoms in total. The third-order valence-electron chi connectivity index (χ3n) is 3.20. The number of nitrogens with one attached hydrogen (secondary N) is 1. The number of aromatic nitrogens is 2. The normalized spacial score (nSPS) is 17.3. The molecule has 4 heteroatoms. The van der Waals surface area contributed by atoms with E-state index in [9.17, 15) is 0 Å². The lowest BCUT2D eigenvalue weighted by atomic mass is 10.1. The molecule has 0 unspecified atom stereocenters. The fourth-order valence-corrected chi connectivity index (χ4v) is 2.19. The van der Waals surface area contributed by atoms with Crippen molar-refractivity contribution in [2.75, 3.05) is 18.5 Å². The van der Waals surface area contributed by atoms with Gasteiger partial charge in [-0.3, -0.25) is 0 Å². The Labute approximate surface area is 103 Å². The minimum absolute atomic E-state index is 0.519. The van der Waals surface area contributed by atoms with E-state index < -0.39 is 0 Å². The lowest BCUT2D eigenvalue weighted by molar-refractivity contribution is 0.0902. The van der Waals surface area contributed by atoms with E-state index in [1.807, 2.05) is 0 Å². The van der Waals surface area contributed by atoms with Crippen LogP contribution in [0.15, 0.2) is 6.20 Å². The first-order valence-electron chi connectivity index (χ1n) is 6.67. The number of hydrogen-bond donors (Lipinski definition) is 1. The van der Waals surface area contributed by atoms with Crippen LogP contribution in [0.4, 0.5) is 5.95 Å². The van der Waals surface area contributed by atoms with Crippen LogP contribution < -0.4 is 5.32 Å². The highest BCUT2D eigenvalue weighted by atomic mass is 16.5. The van der Waals surface area contributed by atoms with E-state index in [0.717, 1.165) is 44.2 Å². The molecule has 0 saturated carbocycles. The summed E-state index contributed by atoms with van der Waals surface area (Å²) in [4.78, 5) is 4.57. The molecule has 0 amide bonds. The summed E-state index contributed by atoms with van der Waals surface area (Å²) in [6, 6.07) is 0.519. The lowest BCUT2D eigenvalue weighted by Crippen LogP contribution is -2.29. The number of nitrogens with zero attached hydrogens (tertiary/aromatic N) is 2. The van der Waals surface area contributed by atoms with Crippen molar-refractivity contribution < 1.29 is 4.74 Å². The van der Waals surface area contributed by atoms with Crippen molar-refractivity contribution in [1.29, 1.82) is 0 Å². The minimum atomic E-state index is 0.519. The summed E-state index contributed by atoms with van der Waals surface area (Å²) >= 11 is 0. The molecule has 1 aliphatic heterocycles. The van der Waals surface area contributed by atoms with E-state index in [2.05, 4.69) is 34.9 Å². The molecular weight excluding hydrogens is 214 g/mol. The van der Waals surface area contributed by atoms with Crippen LogP contribution in [-0.4, -0.2) is 28.8 Å². The van der Waals surface area contributed by atoms with E-state index in [1.165, 1.54) is 12.8 Å². The van der Waals surface area contributed by atoms with Gasteiger partial charge in [0.1, 0.15) is 0 Å². The first-order valence-corrected chi connectivity index (χ1v) is 6.67. The summed E-state index contributed by atoms with van der Waals surface area (Å²) in [6.45, 7) is 7.06. The molecule has 1 saturated heterocycles. The molecule has 1 aromatic heterocycles. The van der Waals surface area contributed by atoms with Crippen molar-refractivity contribution in [3.05, 3.63) is 11.9 Å². The minimum Gasteiger partial charge on any atom is -0.381 e. The fraction of sp³-hybridized carbons (Fsp3) is 0.769. The van der Waals surface area contributed by atoms with Crippen molar-refractivity contribution in [3.63, 3.8) is 0 Å². The molecule has 96 valence electrons. The van der Waals surface area contributed by atoms with E-state index in [0.29, 0.717) is 6.04 Å². The van der Waals surface area contributed by atoms with Crippen LogP contribution in [0.3, 0.4) is 0 Å². The molecule has 2 rings (SSSR count). The van der Waals surface area contributed by atoms with Crippen LogP contribution in [0.5, 0.6) is 0 Å². The van der Waals surface area contributed by atoms with Crippen molar-refractivity contribution in [3.8, 4) is 0 Å². The van der Waals surface area contributed by atoms with Gasteiger partial charge >= 0.3 is 0 Å². The molecular formula is C13H23N3O. The van der Waals surface area contributed by atoms with Crippen LogP contribution >= 0.6 is 0 Å². The molecule has 1 aromatic rings. The van der Waals surface area contributed by atoms with E-state index in [-0.39, 0.29) is 0 Å². The van der Waals surface area contributed by atoms with Gasteiger partial charge in [0.15, 0.2) is 0 Å². The van der Waals surface area contributed by atoms with E-state index in [4.69, 9.17) is 4.74 Å². The molecule has 0 radical (unpaired) electrons. The summed E-state index contributed by atoms with van der Waals surface area (Å²) in [5.74, 6) is 1.03. The summed E-state index contributed by atoms with van der Waals surface area (Å²) in [6.07, 6.45) is 6.73. The summed E-state index contributed by atoms with van der Waals surface area (Å²) < 4.78 is 7.61. The Morgan fingerprint density at radius 3 is 2.94 bits per heavy atom. The number of rotatable bonds is 5. The van der Waals surface area contributed by atoms with Gasteiger partial charge in [-0.2, -0.15) is 0 Å². The Hall–Kier alpha value is -1.03. The Balaban J connectivity index is 1.97. The Morgan fingerprint density at radius 2 is 2.24 bits per heavy atom. The number of aryl methyl sites for hydroxylation is 2. The monoisotopic (exact) mass is 237 g/mol. The summed E-state index contributed by atoms with van der Waals surface area (Å²) in [7, 11) is 0. The Kier molecular flexibility index (Phi) is 4.42. The Morgan fingerprint density at radius 1 is 1.47 bits per heavy atom. The third-order valence-corrected chi connectivity index (χ3v) is 3.20. The van der Waals surface area contributed by atoms with Gasteiger partial charge < -0.3 is 14.6 Å². The molecule has 1 N–H and O–H groups in total. The van der Waals surface area contributed by atoms with Gasteiger partial charge in [-0.15, -0.1) is 0 Å². The average Bonchev–Trinajstić information content (AvgIpc) is 2.68. The molecule has 0 spiro atoms. The Bertz CT molecular complexity index is 342. The zero-order valence-corrected chi connectivity index (χ0v) is 10.9. The second-order valence-electron chi connectivity index (χ2n) is 4.78. The third kappa shape index (κ3) is 3.46.